The molecular formula is C27H27N3O3. The minimum atomic E-state index is -0.255. The Kier molecular flexibility index (Phi) is 6.27. The van der Waals surface area contributed by atoms with Gasteiger partial charge in [-0.3, -0.25) is 14.6 Å². The number of carbonyl (C=O) groups is 2. The van der Waals surface area contributed by atoms with Crippen molar-refractivity contribution in [2.45, 2.75) is 32.4 Å². The van der Waals surface area contributed by atoms with Crippen molar-refractivity contribution < 1.29 is 14.3 Å². The predicted octanol–water partition coefficient (Wildman–Crippen LogP) is 4.17. The lowest BCUT2D eigenvalue weighted by molar-refractivity contribution is 0.0950. The van der Waals surface area contributed by atoms with E-state index in [0.29, 0.717) is 17.7 Å². The molecule has 0 spiro atoms. The van der Waals surface area contributed by atoms with Crippen molar-refractivity contribution in [2.75, 3.05) is 7.11 Å². The number of fused-ring (bicyclic) bond motifs is 1. The number of methoxy groups -OCH3 is 1. The van der Waals surface area contributed by atoms with E-state index in [2.05, 4.69) is 29.5 Å². The van der Waals surface area contributed by atoms with Crippen LogP contribution in [0.2, 0.25) is 0 Å². The number of amides is 1. The van der Waals surface area contributed by atoms with Crippen LogP contribution in [0.1, 0.15) is 51.4 Å². The Morgan fingerprint density at radius 3 is 2.67 bits per heavy atom. The molecule has 0 saturated carbocycles. The molecule has 3 aromatic rings. The normalized spacial score (nSPS) is 15.3. The van der Waals surface area contributed by atoms with Crippen molar-refractivity contribution >= 4 is 17.4 Å². The zero-order chi connectivity index (χ0) is 23.4. The van der Waals surface area contributed by atoms with E-state index in [0.717, 1.165) is 34.7 Å². The van der Waals surface area contributed by atoms with Gasteiger partial charge in [0, 0.05) is 40.2 Å². The second kappa shape index (κ2) is 9.28. The van der Waals surface area contributed by atoms with Gasteiger partial charge in [-0.05, 0) is 62.2 Å². The molecule has 6 heteroatoms. The minimum absolute atomic E-state index is 0.177. The van der Waals surface area contributed by atoms with Crippen LogP contribution >= 0.6 is 0 Å². The number of rotatable bonds is 6. The van der Waals surface area contributed by atoms with Gasteiger partial charge in [-0.25, -0.2) is 0 Å². The molecule has 4 rings (SSSR count). The van der Waals surface area contributed by atoms with E-state index in [1.165, 1.54) is 0 Å². The Morgan fingerprint density at radius 2 is 1.91 bits per heavy atom. The summed E-state index contributed by atoms with van der Waals surface area (Å²) in [5, 5.41) is 6.32. The van der Waals surface area contributed by atoms with E-state index < -0.39 is 0 Å². The molecular weight excluding hydrogens is 414 g/mol. The smallest absolute Gasteiger partial charge is 0.251 e. The summed E-state index contributed by atoms with van der Waals surface area (Å²) in [6, 6.07) is 18.2. The Bertz CT molecular complexity index is 1220. The Labute approximate surface area is 193 Å². The number of hydrogen-bond acceptors (Lipinski definition) is 5. The van der Waals surface area contributed by atoms with Gasteiger partial charge in [-0.2, -0.15) is 0 Å². The van der Waals surface area contributed by atoms with Gasteiger partial charge in [0.2, 0.25) is 0 Å². The van der Waals surface area contributed by atoms with E-state index in [9.17, 15) is 9.59 Å². The van der Waals surface area contributed by atoms with Gasteiger partial charge in [-0.1, -0.05) is 24.3 Å². The maximum absolute atomic E-state index is 13.2. The first-order valence-corrected chi connectivity index (χ1v) is 10.8. The number of nitrogens with zero attached hydrogens (tertiary/aromatic N) is 1. The van der Waals surface area contributed by atoms with Crippen molar-refractivity contribution in [3.05, 3.63) is 101 Å². The maximum atomic E-state index is 13.2. The quantitative estimate of drug-likeness (QED) is 0.443. The monoisotopic (exact) mass is 441 g/mol. The van der Waals surface area contributed by atoms with Crippen LogP contribution in [0, 0.1) is 0 Å². The Morgan fingerprint density at radius 1 is 1.09 bits per heavy atom. The van der Waals surface area contributed by atoms with Crippen molar-refractivity contribution in [2.24, 2.45) is 0 Å². The van der Waals surface area contributed by atoms with Crippen LogP contribution in [0.15, 0.2) is 72.9 Å². The van der Waals surface area contributed by atoms with Crippen LogP contribution in [-0.2, 0) is 13.0 Å². The van der Waals surface area contributed by atoms with Crippen LogP contribution in [0.25, 0.3) is 5.70 Å². The summed E-state index contributed by atoms with van der Waals surface area (Å²) in [6.07, 6.45) is 4.12. The summed E-state index contributed by atoms with van der Waals surface area (Å²) in [6.45, 7) is 4.52. The molecule has 6 nitrogen and oxygen atoms in total. The Hall–Kier alpha value is -3.93. The number of allylic oxidation sites excluding steroid dienone is 1. The predicted molar refractivity (Wildman–Crippen MR) is 128 cm³/mol. The highest BCUT2D eigenvalue weighted by molar-refractivity contribution is 6.10. The molecule has 0 aliphatic carbocycles. The SMILES string of the molecule is COc1ccc2c(c1)/C(=C/C(=O)c1cccc(C(=O)NCc3ccccn3)c1)NC(C)(C)C2. The second-order valence-electron chi connectivity index (χ2n) is 8.72. The molecule has 0 fully saturated rings. The third-order valence-corrected chi connectivity index (χ3v) is 5.55. The van der Waals surface area contributed by atoms with E-state index in [1.807, 2.05) is 36.4 Å². The lowest BCUT2D eigenvalue weighted by atomic mass is 9.85. The van der Waals surface area contributed by atoms with E-state index in [4.69, 9.17) is 4.74 Å². The van der Waals surface area contributed by atoms with E-state index in [-0.39, 0.29) is 17.2 Å². The van der Waals surface area contributed by atoms with Gasteiger partial charge in [0.25, 0.3) is 5.91 Å². The number of aromatic nitrogens is 1. The average molecular weight is 442 g/mol. The van der Waals surface area contributed by atoms with Gasteiger partial charge < -0.3 is 15.4 Å². The van der Waals surface area contributed by atoms with Gasteiger partial charge in [0.05, 0.1) is 19.3 Å². The van der Waals surface area contributed by atoms with Crippen LogP contribution in [-0.4, -0.2) is 29.3 Å². The number of nitrogens with one attached hydrogen (secondary N) is 2. The molecule has 1 aromatic heterocycles. The lowest BCUT2D eigenvalue weighted by Gasteiger charge is -2.35. The maximum Gasteiger partial charge on any atom is 0.251 e. The first kappa shape index (κ1) is 22.3. The van der Waals surface area contributed by atoms with Crippen LogP contribution in [0.4, 0.5) is 0 Å². The minimum Gasteiger partial charge on any atom is -0.497 e. The molecule has 2 N–H and O–H groups in total. The fourth-order valence-corrected chi connectivity index (χ4v) is 3.96. The van der Waals surface area contributed by atoms with Gasteiger partial charge >= 0.3 is 0 Å². The lowest BCUT2D eigenvalue weighted by Crippen LogP contribution is -2.43. The number of ether oxygens (including phenoxy) is 1. The summed E-state index contributed by atoms with van der Waals surface area (Å²) in [5.41, 5.74) is 4.29. The van der Waals surface area contributed by atoms with Crippen molar-refractivity contribution in [3.63, 3.8) is 0 Å². The molecule has 2 aromatic carbocycles. The molecule has 1 aliphatic heterocycles. The molecule has 0 atom stereocenters. The number of pyridine rings is 1. The summed E-state index contributed by atoms with van der Waals surface area (Å²) >= 11 is 0. The summed E-state index contributed by atoms with van der Waals surface area (Å²) < 4.78 is 5.38. The summed E-state index contributed by atoms with van der Waals surface area (Å²) in [5.74, 6) is 0.304. The van der Waals surface area contributed by atoms with Gasteiger partial charge in [-0.15, -0.1) is 0 Å². The standard InChI is InChI=1S/C27H27N3O3/c1-27(2)16-20-10-11-22(33-3)14-23(20)24(30-27)15-25(31)18-7-6-8-19(13-18)26(32)29-17-21-9-4-5-12-28-21/h4-15,30H,16-17H2,1-3H3,(H,29,32)/b24-15-. The topological polar surface area (TPSA) is 80.3 Å². The molecule has 2 heterocycles. The number of ketones is 1. The Balaban J connectivity index is 1.57. The second-order valence-corrected chi connectivity index (χ2v) is 8.72. The van der Waals surface area contributed by atoms with Crippen LogP contribution in [0.3, 0.4) is 0 Å². The van der Waals surface area contributed by atoms with Crippen molar-refractivity contribution in [1.29, 1.82) is 0 Å². The van der Waals surface area contributed by atoms with Crippen LogP contribution in [0.5, 0.6) is 5.75 Å². The zero-order valence-corrected chi connectivity index (χ0v) is 19.0. The largest absolute Gasteiger partial charge is 0.497 e. The van der Waals surface area contributed by atoms with E-state index in [1.54, 1.807) is 43.6 Å². The molecule has 168 valence electrons. The highest BCUT2D eigenvalue weighted by atomic mass is 16.5. The van der Waals surface area contributed by atoms with Gasteiger partial charge in [0.1, 0.15) is 5.75 Å². The first-order valence-electron chi connectivity index (χ1n) is 10.8. The first-order chi connectivity index (χ1) is 15.8. The molecule has 1 aliphatic rings. The summed E-state index contributed by atoms with van der Waals surface area (Å²) in [4.78, 5) is 30.0. The number of hydrogen-bond donors (Lipinski definition) is 2. The fraction of sp³-hybridized carbons (Fsp3) is 0.222. The third-order valence-electron chi connectivity index (χ3n) is 5.55. The number of carbonyl (C=O) groups excluding carboxylic acids is 2. The molecule has 33 heavy (non-hydrogen) atoms. The van der Waals surface area contributed by atoms with Crippen molar-refractivity contribution in [1.82, 2.24) is 15.6 Å². The third kappa shape index (κ3) is 5.29. The summed E-state index contributed by atoms with van der Waals surface area (Å²) in [7, 11) is 1.63. The van der Waals surface area contributed by atoms with Gasteiger partial charge in [0.15, 0.2) is 5.78 Å². The zero-order valence-electron chi connectivity index (χ0n) is 19.0. The highest BCUT2D eigenvalue weighted by Gasteiger charge is 2.28. The number of benzene rings is 2. The highest BCUT2D eigenvalue weighted by Crippen LogP contribution is 2.32. The molecule has 1 amide bonds. The molecule has 0 bridgehead atoms. The van der Waals surface area contributed by atoms with Crippen LogP contribution < -0.4 is 15.4 Å². The van der Waals surface area contributed by atoms with E-state index >= 15 is 0 Å². The average Bonchev–Trinajstić information content (AvgIpc) is 2.82. The molecule has 0 saturated heterocycles. The molecule has 0 unspecified atom stereocenters. The molecule has 0 radical (unpaired) electrons. The van der Waals surface area contributed by atoms with Crippen molar-refractivity contribution in [3.8, 4) is 5.75 Å². The fourth-order valence-electron chi connectivity index (χ4n) is 3.96.